The number of benzene rings is 2. The van der Waals surface area contributed by atoms with Gasteiger partial charge in [-0.25, -0.2) is 4.79 Å². The molecule has 0 N–H and O–H groups in total. The first-order valence-corrected chi connectivity index (χ1v) is 7.45. The largest absolute Gasteiger partial charge is 0.463 e. The molecule has 6 heteroatoms. The molecule has 0 radical (unpaired) electrons. The van der Waals surface area contributed by atoms with E-state index in [0.717, 1.165) is 11.3 Å². The standard InChI is InChI=1S/C18H18N2O4/c1-3-24-18(21)13-17(14-7-5-4-6-8-14)19(2)15-9-11-16(12-10-15)20(22)23/h4-13H,3H2,1-2H3/b17-13+. The number of nitro benzene ring substituents is 1. The van der Waals surface area contributed by atoms with E-state index < -0.39 is 10.9 Å². The van der Waals surface area contributed by atoms with Crippen molar-refractivity contribution in [3.63, 3.8) is 0 Å². The van der Waals surface area contributed by atoms with Crippen LogP contribution in [-0.2, 0) is 9.53 Å². The number of esters is 1. The molecular weight excluding hydrogens is 308 g/mol. The Hall–Kier alpha value is -3.15. The van der Waals surface area contributed by atoms with Gasteiger partial charge in [0.15, 0.2) is 0 Å². The molecule has 0 saturated carbocycles. The van der Waals surface area contributed by atoms with E-state index in [1.807, 2.05) is 30.3 Å². The number of carbonyl (C=O) groups is 1. The second kappa shape index (κ2) is 7.92. The third-order valence-electron chi connectivity index (χ3n) is 3.42. The van der Waals surface area contributed by atoms with Crippen molar-refractivity contribution in [1.82, 2.24) is 0 Å². The molecule has 0 aromatic heterocycles. The summed E-state index contributed by atoms with van der Waals surface area (Å²) >= 11 is 0. The van der Waals surface area contributed by atoms with Crippen molar-refractivity contribution in [3.8, 4) is 0 Å². The van der Waals surface area contributed by atoms with Crippen LogP contribution in [0.4, 0.5) is 11.4 Å². The van der Waals surface area contributed by atoms with Gasteiger partial charge < -0.3 is 9.64 Å². The van der Waals surface area contributed by atoms with Gasteiger partial charge in [0, 0.05) is 30.9 Å². The van der Waals surface area contributed by atoms with Crippen molar-refractivity contribution in [2.24, 2.45) is 0 Å². The molecule has 0 bridgehead atoms. The number of nitrogens with zero attached hydrogens (tertiary/aromatic N) is 2. The molecule has 24 heavy (non-hydrogen) atoms. The fourth-order valence-electron chi connectivity index (χ4n) is 2.22. The van der Waals surface area contributed by atoms with Crippen LogP contribution in [0.1, 0.15) is 12.5 Å². The van der Waals surface area contributed by atoms with Crippen LogP contribution < -0.4 is 4.90 Å². The highest BCUT2D eigenvalue weighted by atomic mass is 16.6. The average molecular weight is 326 g/mol. The fourth-order valence-corrected chi connectivity index (χ4v) is 2.22. The first-order valence-electron chi connectivity index (χ1n) is 7.45. The number of hydrogen-bond acceptors (Lipinski definition) is 5. The van der Waals surface area contributed by atoms with E-state index in [2.05, 4.69) is 0 Å². The van der Waals surface area contributed by atoms with Gasteiger partial charge in [-0.2, -0.15) is 0 Å². The van der Waals surface area contributed by atoms with Crippen LogP contribution in [0.3, 0.4) is 0 Å². The van der Waals surface area contributed by atoms with Crippen molar-refractivity contribution >= 4 is 23.0 Å². The predicted molar refractivity (Wildman–Crippen MR) is 92.6 cm³/mol. The van der Waals surface area contributed by atoms with Gasteiger partial charge in [-0.15, -0.1) is 0 Å². The Morgan fingerprint density at radius 3 is 2.33 bits per heavy atom. The molecule has 0 aliphatic heterocycles. The second-order valence-corrected chi connectivity index (χ2v) is 4.98. The maximum absolute atomic E-state index is 11.9. The Morgan fingerprint density at radius 2 is 1.79 bits per heavy atom. The third kappa shape index (κ3) is 4.19. The Balaban J connectivity index is 2.39. The normalized spacial score (nSPS) is 11.0. The minimum atomic E-state index is -0.448. The zero-order valence-electron chi connectivity index (χ0n) is 13.5. The second-order valence-electron chi connectivity index (χ2n) is 4.98. The zero-order valence-corrected chi connectivity index (χ0v) is 13.5. The molecule has 0 atom stereocenters. The number of ether oxygens (including phenoxy) is 1. The highest BCUT2D eigenvalue weighted by Gasteiger charge is 2.13. The summed E-state index contributed by atoms with van der Waals surface area (Å²) in [5.41, 5.74) is 2.22. The first kappa shape index (κ1) is 17.2. The van der Waals surface area contributed by atoms with Crippen LogP contribution in [0.25, 0.3) is 5.70 Å². The molecule has 0 saturated heterocycles. The summed E-state index contributed by atoms with van der Waals surface area (Å²) in [5.74, 6) is -0.440. The fraction of sp³-hybridized carbons (Fsp3) is 0.167. The molecule has 0 unspecified atom stereocenters. The van der Waals surface area contributed by atoms with Gasteiger partial charge in [0.1, 0.15) is 0 Å². The van der Waals surface area contributed by atoms with Gasteiger partial charge in [0.25, 0.3) is 5.69 Å². The maximum Gasteiger partial charge on any atom is 0.332 e. The van der Waals surface area contributed by atoms with Crippen molar-refractivity contribution < 1.29 is 14.5 Å². The lowest BCUT2D eigenvalue weighted by Gasteiger charge is -2.23. The van der Waals surface area contributed by atoms with Crippen molar-refractivity contribution in [1.29, 1.82) is 0 Å². The summed E-state index contributed by atoms with van der Waals surface area (Å²) in [6, 6.07) is 15.5. The van der Waals surface area contributed by atoms with E-state index >= 15 is 0 Å². The lowest BCUT2D eigenvalue weighted by molar-refractivity contribution is -0.384. The van der Waals surface area contributed by atoms with Crippen LogP contribution in [0.5, 0.6) is 0 Å². The van der Waals surface area contributed by atoms with Crippen molar-refractivity contribution in [2.75, 3.05) is 18.6 Å². The zero-order chi connectivity index (χ0) is 17.5. The van der Waals surface area contributed by atoms with E-state index in [9.17, 15) is 14.9 Å². The van der Waals surface area contributed by atoms with E-state index in [0.29, 0.717) is 12.3 Å². The molecule has 0 spiro atoms. The summed E-state index contributed by atoms with van der Waals surface area (Å²) in [4.78, 5) is 24.0. The van der Waals surface area contributed by atoms with E-state index in [1.54, 1.807) is 31.0 Å². The molecule has 124 valence electrons. The third-order valence-corrected chi connectivity index (χ3v) is 3.42. The number of anilines is 1. The van der Waals surface area contributed by atoms with E-state index in [1.165, 1.54) is 18.2 Å². The minimum Gasteiger partial charge on any atom is -0.463 e. The van der Waals surface area contributed by atoms with Crippen molar-refractivity contribution in [3.05, 3.63) is 76.4 Å². The highest BCUT2D eigenvalue weighted by molar-refractivity contribution is 5.95. The Morgan fingerprint density at radius 1 is 1.17 bits per heavy atom. The molecule has 2 aromatic rings. The van der Waals surface area contributed by atoms with Crippen LogP contribution in [0.2, 0.25) is 0 Å². The molecular formula is C18H18N2O4. The number of non-ortho nitro benzene ring substituents is 1. The van der Waals surface area contributed by atoms with Gasteiger partial charge >= 0.3 is 5.97 Å². The lowest BCUT2D eigenvalue weighted by atomic mass is 10.1. The summed E-state index contributed by atoms with van der Waals surface area (Å²) in [6.45, 7) is 2.03. The van der Waals surface area contributed by atoms with Crippen molar-refractivity contribution in [2.45, 2.75) is 6.92 Å². The van der Waals surface area contributed by atoms with Crippen LogP contribution in [-0.4, -0.2) is 24.5 Å². The molecule has 0 amide bonds. The predicted octanol–water partition coefficient (Wildman–Crippen LogP) is 3.64. The van der Waals surface area contributed by atoms with Gasteiger partial charge in [-0.1, -0.05) is 30.3 Å². The quantitative estimate of drug-likeness (QED) is 0.351. The molecule has 2 aromatic carbocycles. The lowest BCUT2D eigenvalue weighted by Crippen LogP contribution is -2.17. The molecule has 0 aliphatic rings. The van der Waals surface area contributed by atoms with E-state index in [4.69, 9.17) is 4.74 Å². The SMILES string of the molecule is CCOC(=O)/C=C(\c1ccccc1)N(C)c1ccc([N+](=O)[O-])cc1. The molecule has 0 heterocycles. The molecule has 0 fully saturated rings. The van der Waals surface area contributed by atoms with Crippen LogP contribution in [0, 0.1) is 10.1 Å². The summed E-state index contributed by atoms with van der Waals surface area (Å²) in [7, 11) is 1.79. The van der Waals surface area contributed by atoms with Gasteiger partial charge in [-0.05, 0) is 24.6 Å². The smallest absolute Gasteiger partial charge is 0.332 e. The molecule has 6 nitrogen and oxygen atoms in total. The number of carbonyl (C=O) groups excluding carboxylic acids is 1. The van der Waals surface area contributed by atoms with Crippen LogP contribution in [0.15, 0.2) is 60.7 Å². The molecule has 0 aliphatic carbocycles. The first-order chi connectivity index (χ1) is 11.5. The summed E-state index contributed by atoms with van der Waals surface area (Å²) in [6.07, 6.45) is 1.42. The number of nitro groups is 1. The van der Waals surface area contributed by atoms with E-state index in [-0.39, 0.29) is 5.69 Å². The minimum absolute atomic E-state index is 0.0165. The Kier molecular flexibility index (Phi) is 5.68. The number of rotatable bonds is 6. The summed E-state index contributed by atoms with van der Waals surface area (Å²) in [5, 5.41) is 10.8. The monoisotopic (exact) mass is 326 g/mol. The van der Waals surface area contributed by atoms with Crippen LogP contribution >= 0.6 is 0 Å². The maximum atomic E-state index is 11.9. The topological polar surface area (TPSA) is 72.7 Å². The molecule has 2 rings (SSSR count). The summed E-state index contributed by atoms with van der Waals surface area (Å²) < 4.78 is 5.00. The van der Waals surface area contributed by atoms with Gasteiger partial charge in [-0.3, -0.25) is 10.1 Å². The average Bonchev–Trinajstić information content (AvgIpc) is 2.60. The number of hydrogen-bond donors (Lipinski definition) is 0. The Bertz CT molecular complexity index is 739. The Labute approximate surface area is 140 Å². The highest BCUT2D eigenvalue weighted by Crippen LogP contribution is 2.26. The van der Waals surface area contributed by atoms with Gasteiger partial charge in [0.05, 0.1) is 17.2 Å². The van der Waals surface area contributed by atoms with Gasteiger partial charge in [0.2, 0.25) is 0 Å².